The lowest BCUT2D eigenvalue weighted by atomic mass is 9.87. The summed E-state index contributed by atoms with van der Waals surface area (Å²) in [6.45, 7) is 0. The van der Waals surface area contributed by atoms with Crippen LogP contribution in [0, 0.1) is 0 Å². The van der Waals surface area contributed by atoms with Gasteiger partial charge in [0.05, 0.1) is 11.4 Å². The van der Waals surface area contributed by atoms with Gasteiger partial charge in [0.1, 0.15) is 11.2 Å². The van der Waals surface area contributed by atoms with E-state index >= 15 is 0 Å². The summed E-state index contributed by atoms with van der Waals surface area (Å²) in [5.74, 6) is 0.688. The molecule has 2 heterocycles. The molecule has 13 aromatic rings. The fraction of sp³-hybridized carbons (Fsp3) is 0. The predicted octanol–water partition coefficient (Wildman–Crippen LogP) is 15.4. The molecule has 0 saturated heterocycles. The molecule has 0 aliphatic heterocycles. The van der Waals surface area contributed by atoms with Crippen LogP contribution in [0.15, 0.2) is 199 Å². The van der Waals surface area contributed by atoms with Gasteiger partial charge in [-0.05, 0) is 112 Å². The summed E-state index contributed by atoms with van der Waals surface area (Å²) in [6.07, 6.45) is 0. The van der Waals surface area contributed by atoms with Gasteiger partial charge in [-0.1, -0.05) is 158 Å². The molecule has 0 radical (unpaired) electrons. The van der Waals surface area contributed by atoms with E-state index < -0.39 is 0 Å². The number of hydrogen-bond donors (Lipinski definition) is 0. The third-order valence-corrected chi connectivity index (χ3v) is 12.4. The van der Waals surface area contributed by atoms with Crippen molar-refractivity contribution in [1.82, 2.24) is 9.97 Å². The first-order valence-electron chi connectivity index (χ1n) is 20.1. The largest absolute Gasteiger partial charge is 0.456 e. The summed E-state index contributed by atoms with van der Waals surface area (Å²) >= 11 is 0. The third kappa shape index (κ3) is 4.82. The van der Waals surface area contributed by atoms with Crippen LogP contribution in [0.3, 0.4) is 0 Å². The first-order valence-corrected chi connectivity index (χ1v) is 20.1. The molecule has 11 aromatic carbocycles. The highest BCUT2D eigenvalue weighted by atomic mass is 16.3. The van der Waals surface area contributed by atoms with Crippen molar-refractivity contribution in [1.29, 1.82) is 0 Å². The lowest BCUT2D eigenvalue weighted by Crippen LogP contribution is -1.97. The maximum atomic E-state index is 6.21. The molecule has 0 saturated carbocycles. The van der Waals surface area contributed by atoms with Crippen LogP contribution in [-0.4, -0.2) is 9.97 Å². The molecular weight excluding hydrogens is 717 g/mol. The van der Waals surface area contributed by atoms with Crippen LogP contribution in [0.25, 0.3) is 132 Å². The van der Waals surface area contributed by atoms with Crippen LogP contribution in [0.1, 0.15) is 0 Å². The first kappa shape index (κ1) is 32.2. The summed E-state index contributed by atoms with van der Waals surface area (Å²) in [5, 5.41) is 17.3. The standard InChI is InChI=1S/C56H32N2O/c1-2-11-36(12-3-1)56-57-48(32-49(58-56)41-17-5-4-16-40(41)37-27-28-51-46(30-37)42-18-6-7-22-50(42)59-51)39-29-38-26-25-35-14-9-20-44-43-19-8-13-33-23-24-34-15-10-21-45(54(34)52(33)43)47(31-39)55(38)53(35)44/h1-32H. The number of para-hydroxylation sites is 1. The molecule has 2 aromatic heterocycles. The SMILES string of the molecule is c1ccc(-c2nc(-c3cc4ccc5cccc6c7cccc8ccc9cccc(c(c3)c4c56)c9c87)cc(-c3ccccc3-c3ccc4oc5ccccc5c4c3)n2)cc1. The Balaban J connectivity index is 1.11. The van der Waals surface area contributed by atoms with E-state index in [1.54, 1.807) is 0 Å². The summed E-state index contributed by atoms with van der Waals surface area (Å²) in [5.41, 5.74) is 8.78. The first-order chi connectivity index (χ1) is 29.2. The zero-order chi connectivity index (χ0) is 38.6. The molecule has 0 aliphatic rings. The van der Waals surface area contributed by atoms with E-state index in [-0.39, 0.29) is 0 Å². The van der Waals surface area contributed by atoms with E-state index in [2.05, 4.69) is 176 Å². The van der Waals surface area contributed by atoms with Gasteiger partial charge in [-0.2, -0.15) is 0 Å². The van der Waals surface area contributed by atoms with E-state index in [0.29, 0.717) is 5.82 Å². The zero-order valence-electron chi connectivity index (χ0n) is 31.8. The van der Waals surface area contributed by atoms with E-state index in [4.69, 9.17) is 14.4 Å². The van der Waals surface area contributed by atoms with Gasteiger partial charge in [0.2, 0.25) is 0 Å². The maximum absolute atomic E-state index is 6.21. The molecule has 3 nitrogen and oxygen atoms in total. The van der Waals surface area contributed by atoms with Gasteiger partial charge in [-0.25, -0.2) is 9.97 Å². The highest BCUT2D eigenvalue weighted by Crippen LogP contribution is 2.45. The van der Waals surface area contributed by atoms with Gasteiger partial charge >= 0.3 is 0 Å². The summed E-state index contributed by atoms with van der Waals surface area (Å²) in [7, 11) is 0. The number of furan rings is 1. The minimum Gasteiger partial charge on any atom is -0.456 e. The lowest BCUT2D eigenvalue weighted by molar-refractivity contribution is 0.669. The van der Waals surface area contributed by atoms with Crippen molar-refractivity contribution < 1.29 is 4.42 Å². The Kier molecular flexibility index (Phi) is 6.72. The fourth-order valence-corrected chi connectivity index (χ4v) is 9.73. The molecule has 0 bridgehead atoms. The molecule has 59 heavy (non-hydrogen) atoms. The van der Waals surface area contributed by atoms with Crippen molar-refractivity contribution in [2.45, 2.75) is 0 Å². The average molecular weight is 749 g/mol. The number of nitrogens with zero attached hydrogens (tertiary/aromatic N) is 2. The van der Waals surface area contributed by atoms with Crippen molar-refractivity contribution in [2.24, 2.45) is 0 Å². The molecule has 0 unspecified atom stereocenters. The van der Waals surface area contributed by atoms with Crippen LogP contribution < -0.4 is 0 Å². The van der Waals surface area contributed by atoms with E-state index in [9.17, 15) is 0 Å². The van der Waals surface area contributed by atoms with Crippen LogP contribution >= 0.6 is 0 Å². The van der Waals surface area contributed by atoms with Crippen LogP contribution in [0.5, 0.6) is 0 Å². The van der Waals surface area contributed by atoms with Gasteiger partial charge in [-0.15, -0.1) is 0 Å². The predicted molar refractivity (Wildman–Crippen MR) is 247 cm³/mol. The topological polar surface area (TPSA) is 38.9 Å². The van der Waals surface area contributed by atoms with E-state index in [1.807, 2.05) is 18.2 Å². The van der Waals surface area contributed by atoms with Crippen LogP contribution in [0.4, 0.5) is 0 Å². The molecule has 272 valence electrons. The second-order valence-electron chi connectivity index (χ2n) is 15.6. The number of benzene rings is 10. The number of hydrogen-bond acceptors (Lipinski definition) is 3. The molecule has 13 rings (SSSR count). The molecule has 0 N–H and O–H groups in total. The second-order valence-corrected chi connectivity index (χ2v) is 15.6. The Bertz CT molecular complexity index is 3840. The van der Waals surface area contributed by atoms with Crippen molar-refractivity contribution in [3.8, 4) is 45.0 Å². The third-order valence-electron chi connectivity index (χ3n) is 12.4. The van der Waals surface area contributed by atoms with Gasteiger partial charge < -0.3 is 4.42 Å². The summed E-state index contributed by atoms with van der Waals surface area (Å²) in [4.78, 5) is 10.7. The van der Waals surface area contributed by atoms with Gasteiger partial charge in [-0.3, -0.25) is 0 Å². The Morgan fingerprint density at radius 3 is 1.56 bits per heavy atom. The zero-order valence-corrected chi connectivity index (χ0v) is 31.8. The quantitative estimate of drug-likeness (QED) is 0.168. The molecule has 0 amide bonds. The minimum atomic E-state index is 0.688. The minimum absolute atomic E-state index is 0.688. The summed E-state index contributed by atoms with van der Waals surface area (Å²) < 4.78 is 6.21. The number of fused-ring (bicyclic) bond motifs is 5. The molecule has 0 aliphatic carbocycles. The van der Waals surface area contributed by atoms with E-state index in [1.165, 1.54) is 64.6 Å². The highest BCUT2D eigenvalue weighted by molar-refractivity contribution is 6.37. The Hall–Kier alpha value is -7.88. The molecular formula is C56H32N2O. The average Bonchev–Trinajstić information content (AvgIpc) is 3.68. The monoisotopic (exact) mass is 748 g/mol. The van der Waals surface area contributed by atoms with Crippen molar-refractivity contribution >= 4 is 86.6 Å². The van der Waals surface area contributed by atoms with E-state index in [0.717, 1.165) is 61.1 Å². The van der Waals surface area contributed by atoms with Crippen molar-refractivity contribution in [2.75, 3.05) is 0 Å². The fourth-order valence-electron chi connectivity index (χ4n) is 9.73. The number of rotatable bonds is 4. The second kappa shape index (κ2) is 12.3. The maximum Gasteiger partial charge on any atom is 0.160 e. The smallest absolute Gasteiger partial charge is 0.160 e. The van der Waals surface area contributed by atoms with Crippen LogP contribution in [-0.2, 0) is 0 Å². The van der Waals surface area contributed by atoms with Gasteiger partial charge in [0, 0.05) is 27.5 Å². The highest BCUT2D eigenvalue weighted by Gasteiger charge is 2.19. The summed E-state index contributed by atoms with van der Waals surface area (Å²) in [6, 6.07) is 69.9. The van der Waals surface area contributed by atoms with Crippen molar-refractivity contribution in [3.63, 3.8) is 0 Å². The van der Waals surface area contributed by atoms with Gasteiger partial charge in [0.15, 0.2) is 5.82 Å². The normalized spacial score (nSPS) is 12.1. The molecule has 0 spiro atoms. The Labute approximate surface area is 338 Å². The lowest BCUT2D eigenvalue weighted by Gasteiger charge is -2.17. The van der Waals surface area contributed by atoms with Gasteiger partial charge in [0.25, 0.3) is 0 Å². The molecule has 3 heteroatoms. The molecule has 0 fully saturated rings. The Morgan fingerprint density at radius 1 is 0.288 bits per heavy atom. The van der Waals surface area contributed by atoms with Crippen molar-refractivity contribution in [3.05, 3.63) is 194 Å². The number of aromatic nitrogens is 2. The molecule has 0 atom stereocenters. The van der Waals surface area contributed by atoms with Crippen LogP contribution in [0.2, 0.25) is 0 Å². The Morgan fingerprint density at radius 2 is 0.831 bits per heavy atom.